The highest BCUT2D eigenvalue weighted by Crippen LogP contribution is 2.31. The lowest BCUT2D eigenvalue weighted by molar-refractivity contribution is -0.118. The van der Waals surface area contributed by atoms with Crippen LogP contribution in [0.3, 0.4) is 0 Å². The van der Waals surface area contributed by atoms with E-state index in [1.807, 2.05) is 6.20 Å². The summed E-state index contributed by atoms with van der Waals surface area (Å²) in [6, 6.07) is 0. The lowest BCUT2D eigenvalue weighted by Gasteiger charge is -2.19. The van der Waals surface area contributed by atoms with Crippen LogP contribution in [0.5, 0.6) is 0 Å². The monoisotopic (exact) mass is 290 g/mol. The summed E-state index contributed by atoms with van der Waals surface area (Å²) in [5, 5.41) is 3.61. The summed E-state index contributed by atoms with van der Waals surface area (Å²) in [6.07, 6.45) is 6.37. The first-order valence-corrected chi connectivity index (χ1v) is 7.75. The third kappa shape index (κ3) is 2.47. The maximum absolute atomic E-state index is 12.4. The van der Waals surface area contributed by atoms with Crippen LogP contribution in [0, 0.1) is 0 Å². The van der Waals surface area contributed by atoms with E-state index in [2.05, 4.69) is 34.1 Å². The Morgan fingerprint density at radius 2 is 2.35 bits per heavy atom. The second kappa shape index (κ2) is 5.36. The fourth-order valence-corrected chi connectivity index (χ4v) is 3.33. The summed E-state index contributed by atoms with van der Waals surface area (Å²) in [5.74, 6) is 0.282. The number of fused-ring (bicyclic) bond motifs is 1. The highest BCUT2D eigenvalue weighted by molar-refractivity contribution is 7.15. The summed E-state index contributed by atoms with van der Waals surface area (Å²) in [7, 11) is 0. The average Bonchev–Trinajstić information content (AvgIpc) is 3.05. The van der Waals surface area contributed by atoms with E-state index in [1.54, 1.807) is 17.7 Å². The van der Waals surface area contributed by atoms with E-state index < -0.39 is 0 Å². The van der Waals surface area contributed by atoms with Crippen molar-refractivity contribution in [1.82, 2.24) is 15.0 Å². The van der Waals surface area contributed by atoms with Crippen molar-refractivity contribution in [3.8, 4) is 0 Å². The molecule has 0 saturated heterocycles. The number of anilines is 1. The summed E-state index contributed by atoms with van der Waals surface area (Å²) >= 11 is 1.55. The zero-order valence-corrected chi connectivity index (χ0v) is 12.5. The smallest absolute Gasteiger partial charge is 0.235 e. The number of rotatable bonds is 3. The quantitative estimate of drug-likeness (QED) is 0.912. The first kappa shape index (κ1) is 13.3. The van der Waals surface area contributed by atoms with Crippen LogP contribution >= 0.6 is 11.3 Å². The Morgan fingerprint density at radius 3 is 3.10 bits per heavy atom. The largest absolute Gasteiger partial charge is 0.348 e. The van der Waals surface area contributed by atoms with Crippen molar-refractivity contribution in [3.05, 3.63) is 28.8 Å². The Labute approximate surface area is 121 Å². The molecule has 1 atom stereocenters. The first-order chi connectivity index (χ1) is 9.65. The van der Waals surface area contributed by atoms with Crippen molar-refractivity contribution in [2.45, 2.75) is 44.9 Å². The minimum Gasteiger partial charge on any atom is -0.348 e. The van der Waals surface area contributed by atoms with Gasteiger partial charge in [-0.25, -0.2) is 9.97 Å². The third-order valence-corrected chi connectivity index (χ3v) is 4.85. The number of carbonyl (C=O) groups excluding carboxylic acids is 1. The first-order valence-electron chi connectivity index (χ1n) is 6.94. The number of nitrogens with zero attached hydrogens (tertiary/aromatic N) is 2. The maximum Gasteiger partial charge on any atom is 0.235 e. The molecule has 2 heterocycles. The number of aromatic nitrogens is 3. The van der Waals surface area contributed by atoms with E-state index in [4.69, 9.17) is 0 Å². The Morgan fingerprint density at radius 1 is 1.50 bits per heavy atom. The SMILES string of the molecule is CC(C)c1cnc(NC(=O)C2CCCc3[nH]cnc32)s1. The number of aryl methyl sites for hydroxylation is 1. The Bertz CT molecular complexity index is 616. The highest BCUT2D eigenvalue weighted by Gasteiger charge is 2.29. The van der Waals surface area contributed by atoms with Gasteiger partial charge in [-0.1, -0.05) is 13.8 Å². The summed E-state index contributed by atoms with van der Waals surface area (Å²) in [6.45, 7) is 4.24. The van der Waals surface area contributed by atoms with E-state index >= 15 is 0 Å². The fraction of sp³-hybridized carbons (Fsp3) is 0.500. The second-order valence-electron chi connectivity index (χ2n) is 5.42. The molecule has 2 N–H and O–H groups in total. The molecule has 5 nitrogen and oxygen atoms in total. The Hall–Kier alpha value is -1.69. The van der Waals surface area contributed by atoms with Gasteiger partial charge >= 0.3 is 0 Å². The van der Waals surface area contributed by atoms with Gasteiger partial charge in [-0.05, 0) is 25.2 Å². The van der Waals surface area contributed by atoms with Gasteiger partial charge < -0.3 is 10.3 Å². The van der Waals surface area contributed by atoms with Gasteiger partial charge in [0.25, 0.3) is 0 Å². The summed E-state index contributed by atoms with van der Waals surface area (Å²) in [4.78, 5) is 25.3. The Balaban J connectivity index is 1.74. The standard InChI is InChI=1S/C14H18N4OS/c1-8(2)11-6-15-14(20-11)18-13(19)9-4-3-5-10-12(9)17-7-16-10/h6-9H,3-5H2,1-2H3,(H,16,17)(H,15,18,19). The molecule has 106 valence electrons. The number of aromatic amines is 1. The van der Waals surface area contributed by atoms with Crippen LogP contribution in [0.25, 0.3) is 0 Å². The van der Waals surface area contributed by atoms with Gasteiger partial charge in [0.15, 0.2) is 5.13 Å². The highest BCUT2D eigenvalue weighted by atomic mass is 32.1. The van der Waals surface area contributed by atoms with Crippen molar-refractivity contribution < 1.29 is 4.79 Å². The number of hydrogen-bond donors (Lipinski definition) is 2. The predicted molar refractivity (Wildman–Crippen MR) is 79.1 cm³/mol. The Kier molecular flexibility index (Phi) is 3.56. The van der Waals surface area contributed by atoms with Gasteiger partial charge in [0.2, 0.25) is 5.91 Å². The number of H-pyrrole nitrogens is 1. The zero-order valence-electron chi connectivity index (χ0n) is 11.6. The minimum absolute atomic E-state index is 0.00251. The molecule has 0 radical (unpaired) electrons. The molecule has 1 aliphatic rings. The van der Waals surface area contributed by atoms with Crippen molar-refractivity contribution in [2.75, 3.05) is 5.32 Å². The van der Waals surface area contributed by atoms with Crippen LogP contribution < -0.4 is 5.32 Å². The number of nitrogens with one attached hydrogen (secondary N) is 2. The molecule has 0 saturated carbocycles. The lowest BCUT2D eigenvalue weighted by atomic mass is 9.89. The van der Waals surface area contributed by atoms with E-state index in [0.717, 1.165) is 30.7 Å². The third-order valence-electron chi connectivity index (χ3n) is 3.64. The molecule has 3 rings (SSSR count). The van der Waals surface area contributed by atoms with Gasteiger partial charge in [0, 0.05) is 16.8 Å². The topological polar surface area (TPSA) is 70.7 Å². The van der Waals surface area contributed by atoms with Crippen molar-refractivity contribution in [1.29, 1.82) is 0 Å². The summed E-state index contributed by atoms with van der Waals surface area (Å²) in [5.41, 5.74) is 1.99. The summed E-state index contributed by atoms with van der Waals surface area (Å²) < 4.78 is 0. The van der Waals surface area contributed by atoms with Gasteiger partial charge in [-0.3, -0.25) is 4.79 Å². The van der Waals surface area contributed by atoms with Crippen LogP contribution in [0.2, 0.25) is 0 Å². The normalized spacial score (nSPS) is 18.1. The number of thiazole rings is 1. The maximum atomic E-state index is 12.4. The number of hydrogen-bond acceptors (Lipinski definition) is 4. The molecule has 0 bridgehead atoms. The second-order valence-corrected chi connectivity index (χ2v) is 6.49. The molecule has 1 unspecified atom stereocenters. The molecule has 6 heteroatoms. The zero-order chi connectivity index (χ0) is 14.1. The molecule has 2 aromatic rings. The average molecular weight is 290 g/mol. The molecule has 0 fully saturated rings. The molecule has 0 spiro atoms. The number of carbonyl (C=O) groups is 1. The predicted octanol–water partition coefficient (Wildman–Crippen LogP) is 3.05. The number of imidazole rings is 1. The van der Waals surface area contributed by atoms with Crippen LogP contribution in [0.1, 0.15) is 54.8 Å². The molecular weight excluding hydrogens is 272 g/mol. The molecule has 2 aromatic heterocycles. The van der Waals surface area contributed by atoms with E-state index in [9.17, 15) is 4.79 Å². The van der Waals surface area contributed by atoms with Gasteiger partial charge in [0.05, 0.1) is 17.9 Å². The van der Waals surface area contributed by atoms with E-state index in [-0.39, 0.29) is 11.8 Å². The molecule has 20 heavy (non-hydrogen) atoms. The fourth-order valence-electron chi connectivity index (χ4n) is 2.51. The minimum atomic E-state index is -0.156. The number of amides is 1. The molecule has 1 aliphatic carbocycles. The molecular formula is C14H18N4OS. The molecule has 1 amide bonds. The van der Waals surface area contributed by atoms with Crippen LogP contribution in [-0.4, -0.2) is 20.9 Å². The van der Waals surface area contributed by atoms with E-state index in [0.29, 0.717) is 11.0 Å². The van der Waals surface area contributed by atoms with Crippen LogP contribution in [0.15, 0.2) is 12.5 Å². The molecule has 0 aromatic carbocycles. The lowest BCUT2D eigenvalue weighted by Crippen LogP contribution is -2.24. The van der Waals surface area contributed by atoms with Crippen molar-refractivity contribution in [3.63, 3.8) is 0 Å². The van der Waals surface area contributed by atoms with Gasteiger partial charge in [-0.2, -0.15) is 0 Å². The van der Waals surface area contributed by atoms with E-state index in [1.165, 1.54) is 4.88 Å². The van der Waals surface area contributed by atoms with Gasteiger partial charge in [0.1, 0.15) is 0 Å². The van der Waals surface area contributed by atoms with Crippen LogP contribution in [0.4, 0.5) is 5.13 Å². The van der Waals surface area contributed by atoms with Gasteiger partial charge in [-0.15, -0.1) is 11.3 Å². The van der Waals surface area contributed by atoms with Crippen molar-refractivity contribution in [2.24, 2.45) is 0 Å². The van der Waals surface area contributed by atoms with Crippen molar-refractivity contribution >= 4 is 22.4 Å². The van der Waals surface area contributed by atoms with Crippen LogP contribution in [-0.2, 0) is 11.2 Å². The molecule has 0 aliphatic heterocycles.